The van der Waals surface area contributed by atoms with Crippen LogP contribution in [-0.4, -0.2) is 6.54 Å². The fourth-order valence-corrected chi connectivity index (χ4v) is 3.20. The Morgan fingerprint density at radius 3 is 3.00 bits per heavy atom. The monoisotopic (exact) mass is 195 g/mol. The number of aryl methyl sites for hydroxylation is 1. The Balaban J connectivity index is 2.15. The maximum Gasteiger partial charge on any atom is 0.0443 e. The predicted molar refractivity (Wildman–Crippen MR) is 58.2 cm³/mol. The van der Waals surface area contributed by atoms with E-state index in [1.165, 1.54) is 29.1 Å². The zero-order valence-corrected chi connectivity index (χ0v) is 9.16. The van der Waals surface area contributed by atoms with Crippen LogP contribution < -0.4 is 5.32 Å². The first-order valence-electron chi connectivity index (χ1n) is 5.11. The molecule has 0 radical (unpaired) electrons. The van der Waals surface area contributed by atoms with Crippen LogP contribution in [0.25, 0.3) is 0 Å². The summed E-state index contributed by atoms with van der Waals surface area (Å²) < 4.78 is 0. The summed E-state index contributed by atoms with van der Waals surface area (Å²) in [6.07, 6.45) is 2.65. The lowest BCUT2D eigenvalue weighted by Crippen LogP contribution is -2.16. The molecule has 1 saturated heterocycles. The lowest BCUT2D eigenvalue weighted by molar-refractivity contribution is 0.455. The molecule has 0 amide bonds. The summed E-state index contributed by atoms with van der Waals surface area (Å²) in [6.45, 7) is 5.68. The van der Waals surface area contributed by atoms with Crippen molar-refractivity contribution in [3.8, 4) is 0 Å². The Kier molecular flexibility index (Phi) is 2.70. The van der Waals surface area contributed by atoms with Crippen LogP contribution in [0.2, 0.25) is 0 Å². The first kappa shape index (κ1) is 9.22. The van der Waals surface area contributed by atoms with Gasteiger partial charge in [0.15, 0.2) is 0 Å². The second-order valence-corrected chi connectivity index (χ2v) is 5.16. The molecule has 0 aromatic carbocycles. The van der Waals surface area contributed by atoms with Gasteiger partial charge < -0.3 is 5.32 Å². The van der Waals surface area contributed by atoms with Gasteiger partial charge in [0.2, 0.25) is 0 Å². The Hall–Kier alpha value is -0.340. The summed E-state index contributed by atoms with van der Waals surface area (Å²) in [5.74, 6) is 0.859. The molecule has 0 aliphatic carbocycles. The highest BCUT2D eigenvalue weighted by atomic mass is 32.1. The number of hydrogen-bond acceptors (Lipinski definition) is 2. The molecular formula is C11H17NS. The van der Waals surface area contributed by atoms with Crippen LogP contribution in [0.4, 0.5) is 0 Å². The molecule has 1 aromatic heterocycles. The molecule has 1 nitrogen and oxygen atoms in total. The van der Waals surface area contributed by atoms with Crippen molar-refractivity contribution in [3.05, 3.63) is 21.9 Å². The molecule has 1 N–H and O–H groups in total. The van der Waals surface area contributed by atoms with E-state index in [1.807, 2.05) is 11.3 Å². The molecule has 0 bridgehead atoms. The summed E-state index contributed by atoms with van der Waals surface area (Å²) in [6, 6.07) is 5.15. The van der Waals surface area contributed by atoms with Gasteiger partial charge in [-0.15, -0.1) is 11.3 Å². The molecule has 2 atom stereocenters. The van der Waals surface area contributed by atoms with Crippen LogP contribution in [0, 0.1) is 12.8 Å². The molecular weight excluding hydrogens is 178 g/mol. The molecule has 1 aliphatic heterocycles. The zero-order valence-electron chi connectivity index (χ0n) is 8.34. The number of rotatable bonds is 2. The second kappa shape index (κ2) is 3.81. The molecule has 2 unspecified atom stereocenters. The Labute approximate surface area is 84.2 Å². The molecule has 1 aromatic rings. The van der Waals surface area contributed by atoms with E-state index in [2.05, 4.69) is 31.3 Å². The average molecular weight is 195 g/mol. The summed E-state index contributed by atoms with van der Waals surface area (Å²) in [7, 11) is 0. The predicted octanol–water partition coefficient (Wildman–Crippen LogP) is 3.12. The quantitative estimate of drug-likeness (QED) is 0.764. The molecule has 72 valence electrons. The Morgan fingerprint density at radius 2 is 2.38 bits per heavy atom. The van der Waals surface area contributed by atoms with Crippen molar-refractivity contribution in [1.82, 2.24) is 5.32 Å². The van der Waals surface area contributed by atoms with Crippen molar-refractivity contribution in [2.75, 3.05) is 6.54 Å². The SMILES string of the molecule is CCC1CCNC1c1ccc(C)s1. The summed E-state index contributed by atoms with van der Waals surface area (Å²) in [4.78, 5) is 2.96. The van der Waals surface area contributed by atoms with Gasteiger partial charge in [-0.25, -0.2) is 0 Å². The standard InChI is InChI=1S/C11H17NS/c1-3-9-6-7-12-11(9)10-5-4-8(2)13-10/h4-5,9,11-12H,3,6-7H2,1-2H3. The van der Waals surface area contributed by atoms with Gasteiger partial charge in [0.25, 0.3) is 0 Å². The van der Waals surface area contributed by atoms with Gasteiger partial charge in [-0.05, 0) is 37.9 Å². The minimum Gasteiger partial charge on any atom is -0.309 e. The van der Waals surface area contributed by atoms with Gasteiger partial charge in [-0.2, -0.15) is 0 Å². The first-order chi connectivity index (χ1) is 6.31. The van der Waals surface area contributed by atoms with Crippen molar-refractivity contribution < 1.29 is 0 Å². The lowest BCUT2D eigenvalue weighted by Gasteiger charge is -2.15. The van der Waals surface area contributed by atoms with Crippen LogP contribution in [0.15, 0.2) is 12.1 Å². The van der Waals surface area contributed by atoms with Gasteiger partial charge in [0.1, 0.15) is 0 Å². The van der Waals surface area contributed by atoms with E-state index in [9.17, 15) is 0 Å². The second-order valence-electron chi connectivity index (χ2n) is 3.84. The van der Waals surface area contributed by atoms with Crippen LogP contribution in [0.3, 0.4) is 0 Å². The maximum atomic E-state index is 3.60. The summed E-state index contributed by atoms with van der Waals surface area (Å²) >= 11 is 1.94. The summed E-state index contributed by atoms with van der Waals surface area (Å²) in [5.41, 5.74) is 0. The highest BCUT2D eigenvalue weighted by Gasteiger charge is 2.27. The molecule has 0 spiro atoms. The van der Waals surface area contributed by atoms with Crippen molar-refractivity contribution in [1.29, 1.82) is 0 Å². The van der Waals surface area contributed by atoms with E-state index >= 15 is 0 Å². The molecule has 1 aliphatic rings. The van der Waals surface area contributed by atoms with Crippen LogP contribution in [0.5, 0.6) is 0 Å². The lowest BCUT2D eigenvalue weighted by atomic mass is 9.97. The smallest absolute Gasteiger partial charge is 0.0443 e. The fourth-order valence-electron chi connectivity index (χ4n) is 2.15. The van der Waals surface area contributed by atoms with E-state index in [-0.39, 0.29) is 0 Å². The largest absolute Gasteiger partial charge is 0.309 e. The fraction of sp³-hybridized carbons (Fsp3) is 0.636. The molecule has 2 heteroatoms. The number of hydrogen-bond donors (Lipinski definition) is 1. The zero-order chi connectivity index (χ0) is 9.26. The molecule has 2 rings (SSSR count). The van der Waals surface area contributed by atoms with Crippen LogP contribution in [-0.2, 0) is 0 Å². The average Bonchev–Trinajstić information content (AvgIpc) is 2.71. The third-order valence-corrected chi connectivity index (χ3v) is 4.03. The topological polar surface area (TPSA) is 12.0 Å². The minimum atomic E-state index is 0.642. The third-order valence-electron chi connectivity index (χ3n) is 2.94. The van der Waals surface area contributed by atoms with E-state index in [0.29, 0.717) is 6.04 Å². The number of thiophene rings is 1. The van der Waals surface area contributed by atoms with Crippen molar-refractivity contribution in [2.45, 2.75) is 32.7 Å². The molecule has 1 fully saturated rings. The number of nitrogens with one attached hydrogen (secondary N) is 1. The van der Waals surface area contributed by atoms with Crippen LogP contribution in [0.1, 0.15) is 35.6 Å². The van der Waals surface area contributed by atoms with Gasteiger partial charge in [-0.3, -0.25) is 0 Å². The molecule has 2 heterocycles. The minimum absolute atomic E-state index is 0.642. The van der Waals surface area contributed by atoms with E-state index in [0.717, 1.165) is 5.92 Å². The molecule has 0 saturated carbocycles. The van der Waals surface area contributed by atoms with Crippen molar-refractivity contribution in [2.24, 2.45) is 5.92 Å². The maximum absolute atomic E-state index is 3.60. The van der Waals surface area contributed by atoms with E-state index in [1.54, 1.807) is 0 Å². The normalized spacial score (nSPS) is 28.2. The van der Waals surface area contributed by atoms with Gasteiger partial charge in [0, 0.05) is 15.8 Å². The summed E-state index contributed by atoms with van der Waals surface area (Å²) in [5, 5.41) is 3.60. The Bertz CT molecular complexity index is 279. The van der Waals surface area contributed by atoms with Gasteiger partial charge in [0.05, 0.1) is 0 Å². The molecule has 13 heavy (non-hydrogen) atoms. The van der Waals surface area contributed by atoms with Gasteiger partial charge >= 0.3 is 0 Å². The van der Waals surface area contributed by atoms with Crippen molar-refractivity contribution in [3.63, 3.8) is 0 Å². The highest BCUT2D eigenvalue weighted by molar-refractivity contribution is 7.12. The first-order valence-corrected chi connectivity index (χ1v) is 5.92. The van der Waals surface area contributed by atoms with Gasteiger partial charge in [-0.1, -0.05) is 13.3 Å². The third kappa shape index (κ3) is 1.79. The highest BCUT2D eigenvalue weighted by Crippen LogP contribution is 2.35. The van der Waals surface area contributed by atoms with E-state index < -0.39 is 0 Å². The van der Waals surface area contributed by atoms with Crippen LogP contribution >= 0.6 is 11.3 Å². The Morgan fingerprint density at radius 1 is 1.54 bits per heavy atom. The van der Waals surface area contributed by atoms with Crippen molar-refractivity contribution >= 4 is 11.3 Å². The van der Waals surface area contributed by atoms with E-state index in [4.69, 9.17) is 0 Å².